The maximum atomic E-state index is 2.55. The van der Waals surface area contributed by atoms with Crippen molar-refractivity contribution in [3.05, 3.63) is 40.5 Å². The normalized spacial score (nSPS) is 19.5. The molecular formula is C16H24Zr. The van der Waals surface area contributed by atoms with E-state index in [-0.39, 0.29) is 0 Å². The molecule has 0 N–H and O–H groups in total. The van der Waals surface area contributed by atoms with Crippen LogP contribution in [0, 0.1) is 0 Å². The Kier molecular flexibility index (Phi) is 3.52. The van der Waals surface area contributed by atoms with Crippen LogP contribution in [0.4, 0.5) is 0 Å². The van der Waals surface area contributed by atoms with Crippen molar-refractivity contribution in [1.29, 1.82) is 0 Å². The molecule has 0 aromatic heterocycles. The zero-order valence-electron chi connectivity index (χ0n) is 12.0. The Morgan fingerprint density at radius 3 is 2.29 bits per heavy atom. The third-order valence-electron chi connectivity index (χ3n) is 3.80. The quantitative estimate of drug-likeness (QED) is 0.670. The van der Waals surface area contributed by atoms with Gasteiger partial charge >= 0.3 is 111 Å². The van der Waals surface area contributed by atoms with Gasteiger partial charge < -0.3 is 0 Å². The Bertz CT molecular complexity index is 461. The fraction of sp³-hybridized carbons (Fsp3) is 0.500. The molecule has 0 nitrogen and oxygen atoms in total. The second-order valence-electron chi connectivity index (χ2n) is 6.69. The van der Waals surface area contributed by atoms with Gasteiger partial charge in [-0.05, 0) is 0 Å². The summed E-state index contributed by atoms with van der Waals surface area (Å²) < 4.78 is 8.44. The molecule has 17 heavy (non-hydrogen) atoms. The topological polar surface area (TPSA) is 0 Å². The van der Waals surface area contributed by atoms with E-state index in [1.807, 2.05) is 0 Å². The summed E-state index contributed by atoms with van der Waals surface area (Å²) in [6, 6.07) is 6.92. The van der Waals surface area contributed by atoms with E-state index in [4.69, 9.17) is 0 Å². The van der Waals surface area contributed by atoms with Crippen molar-refractivity contribution >= 4 is 6.08 Å². The number of fused-ring (bicyclic) bond motifs is 1. The van der Waals surface area contributed by atoms with Gasteiger partial charge in [-0.15, -0.1) is 0 Å². The molecule has 0 heterocycles. The molecule has 1 aliphatic rings. The van der Waals surface area contributed by atoms with E-state index in [1.165, 1.54) is 11.1 Å². The average Bonchev–Trinajstić information content (AvgIpc) is 2.51. The van der Waals surface area contributed by atoms with Crippen molar-refractivity contribution < 1.29 is 20.3 Å². The number of allylic oxidation sites excluding steroid dienone is 1. The van der Waals surface area contributed by atoms with Crippen molar-refractivity contribution in [3.8, 4) is 0 Å². The minimum atomic E-state index is -1.92. The molecule has 1 aromatic rings. The zero-order valence-corrected chi connectivity index (χ0v) is 14.4. The van der Waals surface area contributed by atoms with Crippen molar-refractivity contribution in [2.24, 2.45) is 0 Å². The summed E-state index contributed by atoms with van der Waals surface area (Å²) in [4.78, 5) is 0. The first-order chi connectivity index (χ1) is 7.82. The average molecular weight is 308 g/mol. The monoisotopic (exact) mass is 306 g/mol. The van der Waals surface area contributed by atoms with E-state index >= 15 is 0 Å². The van der Waals surface area contributed by atoms with Gasteiger partial charge in [0.15, 0.2) is 0 Å². The molecule has 0 aliphatic heterocycles. The van der Waals surface area contributed by atoms with Crippen LogP contribution in [0.1, 0.15) is 47.0 Å². The Hall–Kier alpha value is -0.157. The first-order valence-electron chi connectivity index (χ1n) is 6.63. The van der Waals surface area contributed by atoms with E-state index in [9.17, 15) is 0 Å². The van der Waals surface area contributed by atoms with Crippen molar-refractivity contribution in [2.45, 2.75) is 44.2 Å². The molecule has 2 rings (SSSR count). The molecule has 0 saturated heterocycles. The molecule has 1 unspecified atom stereocenters. The van der Waals surface area contributed by atoms with Crippen LogP contribution < -0.4 is 0 Å². The summed E-state index contributed by atoms with van der Waals surface area (Å²) in [6.07, 6.45) is 2.46. The summed E-state index contributed by atoms with van der Waals surface area (Å²) in [5, 5.41) is 0. The third kappa shape index (κ3) is 2.36. The van der Waals surface area contributed by atoms with Crippen LogP contribution >= 0.6 is 0 Å². The first-order valence-corrected chi connectivity index (χ1v) is 15.4. The van der Waals surface area contributed by atoms with Crippen LogP contribution in [-0.4, -0.2) is 0 Å². The van der Waals surface area contributed by atoms with E-state index in [1.54, 1.807) is 11.1 Å². The van der Waals surface area contributed by atoms with E-state index < -0.39 is 20.3 Å². The molecule has 0 saturated carbocycles. The summed E-state index contributed by atoms with van der Waals surface area (Å²) in [6.45, 7) is 6.93. The van der Waals surface area contributed by atoms with Crippen LogP contribution in [0.3, 0.4) is 0 Å². The van der Waals surface area contributed by atoms with Gasteiger partial charge in [-0.25, -0.2) is 0 Å². The van der Waals surface area contributed by atoms with E-state index in [0.717, 1.165) is 3.63 Å². The van der Waals surface area contributed by atoms with Gasteiger partial charge in [-0.1, -0.05) is 0 Å². The Morgan fingerprint density at radius 2 is 1.76 bits per heavy atom. The standard InChI is InChI=1S/C13H15.3CH3.Zr/c1-9(2)12-6-4-5-11-7-10(3)8-13(11)12;;;;/h4-9H,1-3H3;3*1H3;. The van der Waals surface area contributed by atoms with Gasteiger partial charge in [-0.3, -0.25) is 0 Å². The number of rotatable bonds is 2. The van der Waals surface area contributed by atoms with Crippen molar-refractivity contribution in [1.82, 2.24) is 0 Å². The molecule has 0 radical (unpaired) electrons. The van der Waals surface area contributed by atoms with Gasteiger partial charge in [0, 0.05) is 0 Å². The Morgan fingerprint density at radius 1 is 1.12 bits per heavy atom. The predicted octanol–water partition coefficient (Wildman–Crippen LogP) is 5.57. The zero-order chi connectivity index (χ0) is 12.8. The molecule has 0 spiro atoms. The SMILES string of the molecule is CC1=Cc2c(C(C)C)cccc2[CH]1[Zr]([CH3])([CH3])[CH3]. The van der Waals surface area contributed by atoms with Gasteiger partial charge in [0.1, 0.15) is 0 Å². The molecule has 0 amide bonds. The molecule has 92 valence electrons. The Balaban J connectivity index is 2.59. The van der Waals surface area contributed by atoms with E-state index in [0.29, 0.717) is 5.92 Å². The molecule has 1 aliphatic carbocycles. The van der Waals surface area contributed by atoms with Gasteiger partial charge in [-0.2, -0.15) is 0 Å². The number of hydrogen-bond donors (Lipinski definition) is 0. The minimum absolute atomic E-state index is 0.628. The third-order valence-corrected chi connectivity index (χ3v) is 9.94. The molecule has 1 heteroatoms. The Labute approximate surface area is 111 Å². The molecule has 1 atom stereocenters. The van der Waals surface area contributed by atoms with Gasteiger partial charge in [0.2, 0.25) is 0 Å². The second-order valence-corrected chi connectivity index (χ2v) is 19.7. The fourth-order valence-corrected chi connectivity index (χ4v) is 9.70. The van der Waals surface area contributed by atoms with Gasteiger partial charge in [0.05, 0.1) is 0 Å². The van der Waals surface area contributed by atoms with Crippen molar-refractivity contribution in [3.63, 3.8) is 0 Å². The van der Waals surface area contributed by atoms with Crippen LogP contribution in [0.15, 0.2) is 23.8 Å². The van der Waals surface area contributed by atoms with Crippen LogP contribution in [0.5, 0.6) is 0 Å². The van der Waals surface area contributed by atoms with Crippen LogP contribution in [0.25, 0.3) is 6.08 Å². The van der Waals surface area contributed by atoms with Crippen LogP contribution in [-0.2, 0) is 20.3 Å². The summed E-state index contributed by atoms with van der Waals surface area (Å²) >= 11 is -1.92. The summed E-state index contributed by atoms with van der Waals surface area (Å²) in [5.41, 5.74) is 6.30. The number of benzene rings is 1. The summed E-state index contributed by atoms with van der Waals surface area (Å²) in [5.74, 6) is 0.628. The van der Waals surface area contributed by atoms with E-state index in [2.05, 4.69) is 58.9 Å². The van der Waals surface area contributed by atoms with Crippen LogP contribution in [0.2, 0.25) is 13.9 Å². The number of hydrogen-bond acceptors (Lipinski definition) is 0. The molecular weight excluding hydrogens is 283 g/mol. The molecule has 0 bridgehead atoms. The maximum absolute atomic E-state index is 2.55. The summed E-state index contributed by atoms with van der Waals surface area (Å²) in [7, 11) is 0. The van der Waals surface area contributed by atoms with Crippen molar-refractivity contribution in [2.75, 3.05) is 0 Å². The fourth-order valence-electron chi connectivity index (χ4n) is 3.23. The molecule has 1 aromatic carbocycles. The predicted molar refractivity (Wildman–Crippen MR) is 74.5 cm³/mol. The second kappa shape index (κ2) is 4.50. The molecule has 0 fully saturated rings. The first kappa shape index (κ1) is 13.3. The van der Waals surface area contributed by atoms with Gasteiger partial charge in [0.25, 0.3) is 0 Å².